The first-order valence-corrected chi connectivity index (χ1v) is 4.71. The molecular formula is C10H10N2O6. The van der Waals surface area contributed by atoms with Gasteiger partial charge < -0.3 is 9.47 Å². The smallest absolute Gasteiger partial charge is 0.284 e. The summed E-state index contributed by atoms with van der Waals surface area (Å²) < 4.78 is 9.84. The van der Waals surface area contributed by atoms with Gasteiger partial charge in [-0.05, 0) is 0 Å². The van der Waals surface area contributed by atoms with Gasteiger partial charge in [0, 0.05) is 12.1 Å². The van der Waals surface area contributed by atoms with Crippen LogP contribution in [-0.2, 0) is 0 Å². The van der Waals surface area contributed by atoms with Crippen LogP contribution in [0, 0.1) is 20.2 Å². The summed E-state index contributed by atoms with van der Waals surface area (Å²) in [4.78, 5) is 19.8. The van der Waals surface area contributed by atoms with Crippen molar-refractivity contribution in [1.29, 1.82) is 0 Å². The number of hydrogen-bond acceptors (Lipinski definition) is 6. The van der Waals surface area contributed by atoms with Crippen LogP contribution in [0.4, 0.5) is 5.69 Å². The van der Waals surface area contributed by atoms with Crippen LogP contribution < -0.4 is 9.47 Å². The minimum absolute atomic E-state index is 0.0139. The number of benzene rings is 1. The molecule has 0 saturated carbocycles. The van der Waals surface area contributed by atoms with E-state index >= 15 is 0 Å². The molecule has 18 heavy (non-hydrogen) atoms. The Labute approximate surface area is 102 Å². The van der Waals surface area contributed by atoms with Gasteiger partial charge in [0.15, 0.2) is 0 Å². The Morgan fingerprint density at radius 1 is 1.17 bits per heavy atom. The number of rotatable bonds is 5. The maximum atomic E-state index is 10.9. The molecule has 0 aromatic heterocycles. The summed E-state index contributed by atoms with van der Waals surface area (Å²) in [6.07, 6.45) is 1.62. The molecular weight excluding hydrogens is 244 g/mol. The first kappa shape index (κ1) is 13.4. The minimum Gasteiger partial charge on any atom is -0.496 e. The molecule has 0 amide bonds. The highest BCUT2D eigenvalue weighted by atomic mass is 16.6. The van der Waals surface area contributed by atoms with Crippen molar-refractivity contribution in [3.8, 4) is 11.5 Å². The third-order valence-corrected chi connectivity index (χ3v) is 2.11. The van der Waals surface area contributed by atoms with Crippen molar-refractivity contribution in [3.05, 3.63) is 44.1 Å². The zero-order valence-corrected chi connectivity index (χ0v) is 9.65. The van der Waals surface area contributed by atoms with Gasteiger partial charge >= 0.3 is 0 Å². The van der Waals surface area contributed by atoms with Crippen molar-refractivity contribution in [3.63, 3.8) is 0 Å². The van der Waals surface area contributed by atoms with Crippen LogP contribution >= 0.6 is 0 Å². The van der Waals surface area contributed by atoms with Gasteiger partial charge in [0.05, 0.1) is 30.1 Å². The number of hydrogen-bond donors (Lipinski definition) is 0. The summed E-state index contributed by atoms with van der Waals surface area (Å²) in [6.45, 7) is 0. The second kappa shape index (κ2) is 5.62. The molecule has 0 aliphatic rings. The van der Waals surface area contributed by atoms with E-state index in [0.29, 0.717) is 6.20 Å². The Hall–Kier alpha value is -2.64. The Balaban J connectivity index is 3.44. The molecule has 0 fully saturated rings. The number of ether oxygens (including phenoxy) is 2. The van der Waals surface area contributed by atoms with Crippen LogP contribution in [0.15, 0.2) is 18.3 Å². The van der Waals surface area contributed by atoms with Gasteiger partial charge in [-0.1, -0.05) is 0 Å². The highest BCUT2D eigenvalue weighted by Crippen LogP contribution is 2.34. The molecule has 0 aliphatic carbocycles. The molecule has 1 aromatic carbocycles. The summed E-state index contributed by atoms with van der Waals surface area (Å²) in [5.74, 6) is 0.357. The summed E-state index contributed by atoms with van der Waals surface area (Å²) in [6, 6.07) is 2.58. The van der Waals surface area contributed by atoms with Crippen molar-refractivity contribution in [1.82, 2.24) is 0 Å². The highest BCUT2D eigenvalue weighted by Gasteiger charge is 2.19. The molecule has 1 aromatic rings. The largest absolute Gasteiger partial charge is 0.496 e. The van der Waals surface area contributed by atoms with E-state index in [0.717, 1.165) is 6.08 Å². The lowest BCUT2D eigenvalue weighted by Gasteiger charge is -2.07. The molecule has 0 aliphatic heterocycles. The molecule has 0 saturated heterocycles. The van der Waals surface area contributed by atoms with E-state index < -0.39 is 9.85 Å². The second-order valence-electron chi connectivity index (χ2n) is 3.12. The standard InChI is InChI=1S/C10H10N2O6/c1-17-7-5-9(12(15)16)8(3-4-11(13)14)10(6-7)18-2/h3-6H,1-2H3/b4-3+. The van der Waals surface area contributed by atoms with Crippen molar-refractivity contribution >= 4 is 11.8 Å². The predicted octanol–water partition coefficient (Wildman–Crippen LogP) is 1.86. The summed E-state index contributed by atoms with van der Waals surface area (Å²) in [7, 11) is 2.66. The average Bonchev–Trinajstić information content (AvgIpc) is 2.34. The van der Waals surface area contributed by atoms with E-state index in [4.69, 9.17) is 9.47 Å². The van der Waals surface area contributed by atoms with Crippen LogP contribution in [0.25, 0.3) is 6.08 Å². The first-order valence-electron chi connectivity index (χ1n) is 4.71. The maximum Gasteiger partial charge on any atom is 0.284 e. The number of nitro groups is 2. The molecule has 96 valence electrons. The van der Waals surface area contributed by atoms with Crippen LogP contribution in [0.1, 0.15) is 5.56 Å². The van der Waals surface area contributed by atoms with E-state index in [-0.39, 0.29) is 22.7 Å². The lowest BCUT2D eigenvalue weighted by atomic mass is 10.1. The summed E-state index contributed by atoms with van der Waals surface area (Å²) in [5.41, 5.74) is -0.315. The molecule has 0 spiro atoms. The Morgan fingerprint density at radius 3 is 2.28 bits per heavy atom. The lowest BCUT2D eigenvalue weighted by Crippen LogP contribution is -1.97. The van der Waals surface area contributed by atoms with E-state index in [9.17, 15) is 20.2 Å². The van der Waals surface area contributed by atoms with Gasteiger partial charge in [-0.3, -0.25) is 20.2 Å². The molecule has 0 unspecified atom stereocenters. The molecule has 0 atom stereocenters. The number of methoxy groups -OCH3 is 2. The van der Waals surface area contributed by atoms with Crippen LogP contribution in [-0.4, -0.2) is 24.1 Å². The Kier molecular flexibility index (Phi) is 4.19. The molecule has 1 rings (SSSR count). The van der Waals surface area contributed by atoms with Gasteiger partial charge in [0.1, 0.15) is 17.1 Å². The van der Waals surface area contributed by atoms with Crippen molar-refractivity contribution in [2.45, 2.75) is 0 Å². The van der Waals surface area contributed by atoms with Crippen molar-refractivity contribution < 1.29 is 19.3 Å². The summed E-state index contributed by atoms with van der Waals surface area (Å²) in [5, 5.41) is 21.2. The SMILES string of the molecule is COc1cc(OC)c(/C=C/[N+](=O)[O-])c([N+](=O)[O-])c1. The quantitative estimate of drug-likeness (QED) is 0.586. The van der Waals surface area contributed by atoms with Crippen LogP contribution in [0.3, 0.4) is 0 Å². The molecule has 8 nitrogen and oxygen atoms in total. The number of nitrogens with zero attached hydrogens (tertiary/aromatic N) is 2. The van der Waals surface area contributed by atoms with Gasteiger partial charge in [-0.2, -0.15) is 0 Å². The topological polar surface area (TPSA) is 105 Å². The molecule has 0 bridgehead atoms. The van der Waals surface area contributed by atoms with E-state index in [1.807, 2.05) is 0 Å². The average molecular weight is 254 g/mol. The molecule has 0 N–H and O–H groups in total. The van der Waals surface area contributed by atoms with Gasteiger partial charge in [-0.15, -0.1) is 0 Å². The van der Waals surface area contributed by atoms with Crippen LogP contribution in [0.2, 0.25) is 0 Å². The Morgan fingerprint density at radius 2 is 1.83 bits per heavy atom. The summed E-state index contributed by atoms with van der Waals surface area (Å²) >= 11 is 0. The van der Waals surface area contributed by atoms with E-state index in [1.54, 1.807) is 0 Å². The zero-order chi connectivity index (χ0) is 13.7. The van der Waals surface area contributed by atoms with Crippen molar-refractivity contribution in [2.75, 3.05) is 14.2 Å². The molecule has 0 heterocycles. The normalized spacial score (nSPS) is 10.3. The fourth-order valence-corrected chi connectivity index (χ4v) is 1.33. The first-order chi connectivity index (χ1) is 8.49. The fraction of sp³-hybridized carbons (Fsp3) is 0.200. The van der Waals surface area contributed by atoms with Gasteiger partial charge in [0.2, 0.25) is 6.20 Å². The minimum atomic E-state index is -0.715. The highest BCUT2D eigenvalue weighted by molar-refractivity contribution is 5.69. The zero-order valence-electron chi connectivity index (χ0n) is 9.65. The van der Waals surface area contributed by atoms with Crippen LogP contribution in [0.5, 0.6) is 11.5 Å². The van der Waals surface area contributed by atoms with Crippen molar-refractivity contribution in [2.24, 2.45) is 0 Å². The van der Waals surface area contributed by atoms with Gasteiger partial charge in [0.25, 0.3) is 5.69 Å². The van der Waals surface area contributed by atoms with E-state index in [1.165, 1.54) is 26.4 Å². The molecule has 8 heteroatoms. The molecule has 0 radical (unpaired) electrons. The lowest BCUT2D eigenvalue weighted by molar-refractivity contribution is -0.401. The van der Waals surface area contributed by atoms with Gasteiger partial charge in [-0.25, -0.2) is 0 Å². The third-order valence-electron chi connectivity index (χ3n) is 2.11. The predicted molar refractivity (Wildman–Crippen MR) is 62.2 cm³/mol. The van der Waals surface area contributed by atoms with E-state index in [2.05, 4.69) is 0 Å². The maximum absolute atomic E-state index is 10.9. The third kappa shape index (κ3) is 2.94. The number of nitro benzene ring substituents is 1. The Bertz CT molecular complexity index is 511. The second-order valence-corrected chi connectivity index (χ2v) is 3.12. The monoisotopic (exact) mass is 254 g/mol. The fourth-order valence-electron chi connectivity index (χ4n) is 1.33.